The Morgan fingerprint density at radius 3 is 2.19 bits per heavy atom. The number of carbonyl (C=O) groups excluding carboxylic acids is 4. The second kappa shape index (κ2) is 12.4. The second-order valence-electron chi connectivity index (χ2n) is 9.74. The van der Waals surface area contributed by atoms with Gasteiger partial charge in [-0.1, -0.05) is 50.0 Å². The van der Waals surface area contributed by atoms with Gasteiger partial charge in [-0.3, -0.25) is 9.59 Å². The van der Waals surface area contributed by atoms with Gasteiger partial charge in [-0.25, -0.2) is 9.59 Å². The monoisotopic (exact) mass is 465 g/mol. The number of alkyl carbamates (subject to hydrolysis) is 1. The highest BCUT2D eigenvalue weighted by atomic mass is 28.3. The maximum atomic E-state index is 12.6. The summed E-state index contributed by atoms with van der Waals surface area (Å²) >= 11 is 0. The van der Waals surface area contributed by atoms with Crippen LogP contribution in [0.5, 0.6) is 0 Å². The fourth-order valence-corrected chi connectivity index (χ4v) is 3.17. The fourth-order valence-electron chi connectivity index (χ4n) is 2.46. The first-order valence-electron chi connectivity index (χ1n) is 10.6. The van der Waals surface area contributed by atoms with Crippen LogP contribution in [0.4, 0.5) is 4.79 Å². The van der Waals surface area contributed by atoms with E-state index in [1.165, 1.54) is 0 Å². The van der Waals surface area contributed by atoms with Gasteiger partial charge >= 0.3 is 18.0 Å². The van der Waals surface area contributed by atoms with Crippen LogP contribution < -0.4 is 5.32 Å². The highest BCUT2D eigenvalue weighted by Gasteiger charge is 2.29. The molecule has 0 bridgehead atoms. The van der Waals surface area contributed by atoms with Crippen molar-refractivity contribution in [1.82, 2.24) is 5.32 Å². The summed E-state index contributed by atoms with van der Waals surface area (Å²) in [5.41, 5.74) is -0.0265. The molecule has 0 aliphatic heterocycles. The van der Waals surface area contributed by atoms with E-state index in [2.05, 4.69) is 25.0 Å². The first kappa shape index (κ1) is 27.4. The van der Waals surface area contributed by atoms with Crippen LogP contribution in [0.1, 0.15) is 39.2 Å². The zero-order valence-corrected chi connectivity index (χ0v) is 20.9. The molecule has 0 saturated heterocycles. The summed E-state index contributed by atoms with van der Waals surface area (Å²) in [5, 5.41) is 2.37. The average molecular weight is 466 g/mol. The van der Waals surface area contributed by atoms with E-state index in [4.69, 9.17) is 14.2 Å². The van der Waals surface area contributed by atoms with Crippen molar-refractivity contribution in [3.63, 3.8) is 0 Å². The van der Waals surface area contributed by atoms with E-state index in [0.717, 1.165) is 11.6 Å². The van der Waals surface area contributed by atoms with Gasteiger partial charge in [0.25, 0.3) is 0 Å². The topological polar surface area (TPSA) is 108 Å². The zero-order chi connectivity index (χ0) is 24.4. The first-order chi connectivity index (χ1) is 14.7. The van der Waals surface area contributed by atoms with Crippen molar-refractivity contribution >= 4 is 31.9 Å². The summed E-state index contributed by atoms with van der Waals surface area (Å²) in [7, 11) is -1.37. The molecule has 0 heterocycles. The summed E-state index contributed by atoms with van der Waals surface area (Å²) in [6.45, 7) is 11.7. The minimum atomic E-state index is -1.37. The molecule has 0 aromatic heterocycles. The van der Waals surface area contributed by atoms with Crippen molar-refractivity contribution < 1.29 is 33.4 Å². The maximum absolute atomic E-state index is 12.6. The third kappa shape index (κ3) is 12.9. The molecule has 0 spiro atoms. The Labute approximate surface area is 191 Å². The molecule has 9 heteroatoms. The van der Waals surface area contributed by atoms with Crippen LogP contribution in [0, 0.1) is 0 Å². The average Bonchev–Trinajstić information content (AvgIpc) is 2.63. The molecule has 0 aliphatic carbocycles. The van der Waals surface area contributed by atoms with E-state index in [1.54, 1.807) is 45.0 Å². The number of rotatable bonds is 11. The molecule has 0 radical (unpaired) electrons. The smallest absolute Gasteiger partial charge is 0.408 e. The van der Waals surface area contributed by atoms with Crippen LogP contribution in [-0.4, -0.2) is 50.1 Å². The van der Waals surface area contributed by atoms with Crippen LogP contribution in [0.25, 0.3) is 0 Å². The first-order valence-corrected chi connectivity index (χ1v) is 14.3. The summed E-state index contributed by atoms with van der Waals surface area (Å²) in [6.07, 6.45) is -1.75. The minimum absolute atomic E-state index is 0.0148. The molecule has 0 saturated carbocycles. The lowest BCUT2D eigenvalue weighted by atomic mass is 10.1. The predicted octanol–water partition coefficient (Wildman–Crippen LogP) is 3.85. The van der Waals surface area contributed by atoms with E-state index >= 15 is 0 Å². The number of Topliss-reactive ketones (excluding diaryl/α,β-unsaturated/α-hetero) is 1. The molecular weight excluding hydrogens is 430 g/mol. The Hall–Kier alpha value is -2.68. The number of esters is 2. The number of carbonyl (C=O) groups is 4. The number of ketones is 1. The Bertz CT molecular complexity index is 782. The molecule has 8 nitrogen and oxygen atoms in total. The maximum Gasteiger partial charge on any atom is 0.408 e. The Balaban J connectivity index is 2.70. The van der Waals surface area contributed by atoms with Gasteiger partial charge in [0.05, 0.1) is 6.61 Å². The van der Waals surface area contributed by atoms with Gasteiger partial charge < -0.3 is 19.5 Å². The molecule has 1 aromatic rings. The molecule has 1 rings (SSSR count). The van der Waals surface area contributed by atoms with Crippen molar-refractivity contribution in [1.29, 1.82) is 0 Å². The van der Waals surface area contributed by atoms with Crippen molar-refractivity contribution in [2.75, 3.05) is 6.61 Å². The van der Waals surface area contributed by atoms with Crippen LogP contribution in [0.3, 0.4) is 0 Å². The minimum Gasteiger partial charge on any atom is -0.466 e. The molecule has 32 heavy (non-hydrogen) atoms. The van der Waals surface area contributed by atoms with Gasteiger partial charge in [-0.05, 0) is 32.4 Å². The van der Waals surface area contributed by atoms with Crippen molar-refractivity contribution in [2.45, 2.75) is 77.5 Å². The third-order valence-electron chi connectivity index (χ3n) is 4.09. The van der Waals surface area contributed by atoms with Crippen molar-refractivity contribution in [3.05, 3.63) is 35.9 Å². The van der Waals surface area contributed by atoms with E-state index < -0.39 is 56.4 Å². The van der Waals surface area contributed by atoms with E-state index in [0.29, 0.717) is 0 Å². The van der Waals surface area contributed by atoms with Crippen molar-refractivity contribution in [3.8, 4) is 0 Å². The molecule has 0 aliphatic rings. The number of benzene rings is 1. The third-order valence-corrected chi connectivity index (χ3v) is 5.79. The summed E-state index contributed by atoms with van der Waals surface area (Å²) in [4.78, 5) is 49.0. The summed E-state index contributed by atoms with van der Waals surface area (Å²) in [5.74, 6) is -1.98. The Morgan fingerprint density at radius 2 is 1.62 bits per heavy atom. The second-order valence-corrected chi connectivity index (χ2v) is 15.4. The molecule has 1 aromatic carbocycles. The number of hydrogen-bond donors (Lipinski definition) is 1. The van der Waals surface area contributed by atoms with Gasteiger partial charge in [0.2, 0.25) is 0 Å². The van der Waals surface area contributed by atoms with Gasteiger partial charge in [0.1, 0.15) is 30.5 Å². The van der Waals surface area contributed by atoms with Crippen LogP contribution in [-0.2, 0) is 35.2 Å². The highest BCUT2D eigenvalue weighted by Crippen LogP contribution is 2.11. The number of ether oxygens (including phenoxy) is 3. The molecule has 1 atom stereocenters. The molecule has 0 unspecified atom stereocenters. The SMILES string of the molecule is CC(C)(C)OC(=O)N[C@@H](CC(=O)CC(=O)OCC[Si](C)(C)C)C(=O)OCc1ccccc1. The largest absolute Gasteiger partial charge is 0.466 e. The lowest BCUT2D eigenvalue weighted by Crippen LogP contribution is -2.45. The van der Waals surface area contributed by atoms with Gasteiger partial charge in [0.15, 0.2) is 0 Å². The normalized spacial score (nSPS) is 12.4. The standard InChI is InChI=1S/C23H35NO7Si/c1-23(2,3)31-22(28)24-19(21(27)30-16-17-10-8-7-9-11-17)14-18(25)15-20(26)29-12-13-32(4,5)6/h7-11,19H,12-16H2,1-6H3,(H,24,28)/t19-/m0/s1. The van der Waals surface area contributed by atoms with Crippen LogP contribution in [0.15, 0.2) is 30.3 Å². The molecule has 178 valence electrons. The van der Waals surface area contributed by atoms with Gasteiger partial charge in [-0.15, -0.1) is 0 Å². The molecule has 0 fully saturated rings. The molecule has 1 N–H and O–H groups in total. The van der Waals surface area contributed by atoms with E-state index in [-0.39, 0.29) is 13.2 Å². The summed E-state index contributed by atoms with van der Waals surface area (Å²) < 4.78 is 15.6. The quantitative estimate of drug-likeness (QED) is 0.229. The van der Waals surface area contributed by atoms with Crippen LogP contribution in [0.2, 0.25) is 25.7 Å². The Kier molecular flexibility index (Phi) is 10.6. The number of amides is 1. The fraction of sp³-hybridized carbons (Fsp3) is 0.565. The zero-order valence-electron chi connectivity index (χ0n) is 19.9. The Morgan fingerprint density at radius 1 is 1.00 bits per heavy atom. The van der Waals surface area contributed by atoms with E-state index in [9.17, 15) is 19.2 Å². The lowest BCUT2D eigenvalue weighted by molar-refractivity contribution is -0.150. The van der Waals surface area contributed by atoms with Gasteiger partial charge in [-0.2, -0.15) is 0 Å². The van der Waals surface area contributed by atoms with Crippen LogP contribution >= 0.6 is 0 Å². The molecular formula is C23H35NO7Si. The predicted molar refractivity (Wildman–Crippen MR) is 123 cm³/mol. The highest BCUT2D eigenvalue weighted by molar-refractivity contribution is 6.76. The van der Waals surface area contributed by atoms with Gasteiger partial charge in [0, 0.05) is 14.5 Å². The number of hydrogen-bond acceptors (Lipinski definition) is 7. The summed E-state index contributed by atoms with van der Waals surface area (Å²) in [6, 6.07) is 8.52. The molecule has 1 amide bonds. The lowest BCUT2D eigenvalue weighted by Gasteiger charge is -2.22. The number of nitrogens with one attached hydrogen (secondary N) is 1. The van der Waals surface area contributed by atoms with Crippen molar-refractivity contribution in [2.24, 2.45) is 0 Å². The van der Waals surface area contributed by atoms with E-state index in [1.807, 2.05) is 6.07 Å².